The van der Waals surface area contributed by atoms with E-state index in [0.29, 0.717) is 24.7 Å². The van der Waals surface area contributed by atoms with E-state index in [-0.39, 0.29) is 5.76 Å². The van der Waals surface area contributed by atoms with E-state index in [1.165, 1.54) is 6.07 Å². The van der Waals surface area contributed by atoms with E-state index in [2.05, 4.69) is 10.1 Å². The van der Waals surface area contributed by atoms with Gasteiger partial charge in [0.15, 0.2) is 0 Å². The van der Waals surface area contributed by atoms with Crippen molar-refractivity contribution in [2.24, 2.45) is 4.99 Å². The zero-order valence-corrected chi connectivity index (χ0v) is 9.87. The molecule has 0 amide bonds. The van der Waals surface area contributed by atoms with E-state index in [1.54, 1.807) is 0 Å². The van der Waals surface area contributed by atoms with E-state index >= 15 is 0 Å². The summed E-state index contributed by atoms with van der Waals surface area (Å²) in [5.74, 6) is -0.791. The molecule has 0 fully saturated rings. The standard InChI is InChI=1S/C13H10N2O4/c16-13(17)11-7-10(15-19-11)8-3-1-2-4-9(8)12-14-5-6-18-12/h1-4,7H,5-6H2,(H,16,17). The second-order valence-corrected chi connectivity index (χ2v) is 3.96. The zero-order chi connectivity index (χ0) is 13.2. The molecule has 19 heavy (non-hydrogen) atoms. The fraction of sp³-hybridized carbons (Fsp3) is 0.154. The number of carboxylic acid groups (broad SMARTS) is 1. The largest absolute Gasteiger partial charge is 0.475 e. The molecule has 0 saturated heterocycles. The first-order valence-electron chi connectivity index (χ1n) is 5.73. The summed E-state index contributed by atoms with van der Waals surface area (Å²) in [5, 5.41) is 12.6. The number of benzene rings is 1. The van der Waals surface area contributed by atoms with Gasteiger partial charge in [-0.15, -0.1) is 0 Å². The molecule has 96 valence electrons. The molecular weight excluding hydrogens is 248 g/mol. The molecule has 0 atom stereocenters. The predicted molar refractivity (Wildman–Crippen MR) is 66.3 cm³/mol. The third kappa shape index (κ3) is 2.08. The first-order valence-corrected chi connectivity index (χ1v) is 5.73. The van der Waals surface area contributed by atoms with Crippen molar-refractivity contribution in [3.05, 3.63) is 41.7 Å². The number of aromatic nitrogens is 1. The van der Waals surface area contributed by atoms with Crippen LogP contribution in [0, 0.1) is 0 Å². The average molecular weight is 258 g/mol. The molecule has 1 aliphatic heterocycles. The Labute approximate surface area is 108 Å². The molecule has 2 heterocycles. The third-order valence-electron chi connectivity index (χ3n) is 2.74. The molecule has 1 aliphatic rings. The summed E-state index contributed by atoms with van der Waals surface area (Å²) in [7, 11) is 0. The number of rotatable bonds is 3. The maximum atomic E-state index is 10.8. The van der Waals surface area contributed by atoms with Crippen LogP contribution in [0.3, 0.4) is 0 Å². The highest BCUT2D eigenvalue weighted by Crippen LogP contribution is 2.25. The normalized spacial score (nSPS) is 14.0. The minimum absolute atomic E-state index is 0.195. The van der Waals surface area contributed by atoms with E-state index in [0.717, 1.165) is 11.1 Å². The fourth-order valence-electron chi connectivity index (χ4n) is 1.89. The number of ether oxygens (including phenoxy) is 1. The molecule has 0 saturated carbocycles. The van der Waals surface area contributed by atoms with Crippen molar-refractivity contribution in [1.29, 1.82) is 0 Å². The van der Waals surface area contributed by atoms with Crippen molar-refractivity contribution in [3.63, 3.8) is 0 Å². The van der Waals surface area contributed by atoms with Crippen molar-refractivity contribution >= 4 is 11.9 Å². The highest BCUT2D eigenvalue weighted by Gasteiger charge is 2.19. The van der Waals surface area contributed by atoms with Gasteiger partial charge in [0.2, 0.25) is 11.7 Å². The molecule has 2 aromatic rings. The molecular formula is C13H10N2O4. The highest BCUT2D eigenvalue weighted by molar-refractivity contribution is 6.01. The van der Waals surface area contributed by atoms with E-state index in [1.807, 2.05) is 24.3 Å². The first-order chi connectivity index (χ1) is 9.25. The summed E-state index contributed by atoms with van der Waals surface area (Å²) in [6, 6.07) is 8.76. The van der Waals surface area contributed by atoms with Gasteiger partial charge in [-0.2, -0.15) is 0 Å². The van der Waals surface area contributed by atoms with Crippen molar-refractivity contribution < 1.29 is 19.2 Å². The molecule has 6 heteroatoms. The minimum Gasteiger partial charge on any atom is -0.475 e. The Hall–Kier alpha value is -2.63. The predicted octanol–water partition coefficient (Wildman–Crippen LogP) is 1.82. The van der Waals surface area contributed by atoms with Gasteiger partial charge < -0.3 is 14.4 Å². The lowest BCUT2D eigenvalue weighted by Crippen LogP contribution is -2.03. The number of hydrogen-bond acceptors (Lipinski definition) is 5. The van der Waals surface area contributed by atoms with Crippen molar-refractivity contribution in [2.45, 2.75) is 0 Å². The van der Waals surface area contributed by atoms with Crippen molar-refractivity contribution in [3.8, 4) is 11.3 Å². The first kappa shape index (κ1) is 11.5. The monoisotopic (exact) mass is 258 g/mol. The van der Waals surface area contributed by atoms with Gasteiger partial charge in [0, 0.05) is 17.2 Å². The van der Waals surface area contributed by atoms with Crippen LogP contribution in [0.25, 0.3) is 11.3 Å². The smallest absolute Gasteiger partial charge is 0.374 e. The molecule has 6 nitrogen and oxygen atoms in total. The second-order valence-electron chi connectivity index (χ2n) is 3.96. The van der Waals surface area contributed by atoms with Crippen LogP contribution >= 0.6 is 0 Å². The van der Waals surface area contributed by atoms with Crippen LogP contribution in [0.15, 0.2) is 39.8 Å². The highest BCUT2D eigenvalue weighted by atomic mass is 16.5. The number of hydrogen-bond donors (Lipinski definition) is 1. The fourth-order valence-corrected chi connectivity index (χ4v) is 1.89. The number of carbonyl (C=O) groups is 1. The summed E-state index contributed by atoms with van der Waals surface area (Å²) >= 11 is 0. The van der Waals surface area contributed by atoms with Crippen LogP contribution in [0.4, 0.5) is 0 Å². The lowest BCUT2D eigenvalue weighted by atomic mass is 10.0. The molecule has 0 radical (unpaired) electrons. The minimum atomic E-state index is -1.15. The summed E-state index contributed by atoms with van der Waals surface area (Å²) in [5.41, 5.74) is 1.97. The molecule has 1 aromatic carbocycles. The summed E-state index contributed by atoms with van der Waals surface area (Å²) < 4.78 is 10.2. The Morgan fingerprint density at radius 3 is 2.68 bits per heavy atom. The van der Waals surface area contributed by atoms with Crippen molar-refractivity contribution in [2.75, 3.05) is 13.2 Å². The Morgan fingerprint density at radius 1 is 1.26 bits per heavy atom. The van der Waals surface area contributed by atoms with Crippen LogP contribution in [0.1, 0.15) is 16.1 Å². The van der Waals surface area contributed by atoms with Crippen LogP contribution < -0.4 is 0 Å². The zero-order valence-electron chi connectivity index (χ0n) is 9.87. The van der Waals surface area contributed by atoms with Crippen LogP contribution in [0.5, 0.6) is 0 Å². The summed E-state index contributed by atoms with van der Waals surface area (Å²) in [6.07, 6.45) is 0. The van der Waals surface area contributed by atoms with Crippen molar-refractivity contribution in [1.82, 2.24) is 5.16 Å². The van der Waals surface area contributed by atoms with Gasteiger partial charge in [-0.1, -0.05) is 23.4 Å². The molecule has 3 rings (SSSR count). The van der Waals surface area contributed by atoms with Gasteiger partial charge in [0.05, 0.1) is 6.54 Å². The molecule has 1 N–H and O–H groups in total. The molecule has 0 spiro atoms. The van der Waals surface area contributed by atoms with E-state index < -0.39 is 5.97 Å². The molecule has 1 aromatic heterocycles. The summed E-state index contributed by atoms with van der Waals surface area (Å²) in [4.78, 5) is 15.1. The number of aromatic carboxylic acids is 1. The van der Waals surface area contributed by atoms with Crippen LogP contribution in [0.2, 0.25) is 0 Å². The number of carboxylic acids is 1. The maximum absolute atomic E-state index is 10.8. The topological polar surface area (TPSA) is 84.9 Å². The van der Waals surface area contributed by atoms with Gasteiger partial charge in [-0.25, -0.2) is 9.79 Å². The van der Waals surface area contributed by atoms with Gasteiger partial charge >= 0.3 is 5.97 Å². The lowest BCUT2D eigenvalue weighted by Gasteiger charge is -2.06. The quantitative estimate of drug-likeness (QED) is 0.907. The van der Waals surface area contributed by atoms with Gasteiger partial charge in [0.1, 0.15) is 12.3 Å². The van der Waals surface area contributed by atoms with Gasteiger partial charge in [0.25, 0.3) is 0 Å². The SMILES string of the molecule is O=C(O)c1cc(-c2ccccc2C2=NCCO2)no1. The molecule has 0 unspecified atom stereocenters. The number of aliphatic imine (C=N–C) groups is 1. The van der Waals surface area contributed by atoms with E-state index in [4.69, 9.17) is 14.4 Å². The Bertz CT molecular complexity index is 660. The van der Waals surface area contributed by atoms with E-state index in [9.17, 15) is 4.79 Å². The lowest BCUT2D eigenvalue weighted by molar-refractivity contribution is 0.0652. The Morgan fingerprint density at radius 2 is 2.05 bits per heavy atom. The van der Waals surface area contributed by atoms with Crippen LogP contribution in [-0.2, 0) is 4.74 Å². The van der Waals surface area contributed by atoms with Gasteiger partial charge in [-0.3, -0.25) is 0 Å². The Balaban J connectivity index is 2.06. The Kier molecular flexibility index (Phi) is 2.75. The molecule has 0 aliphatic carbocycles. The van der Waals surface area contributed by atoms with Gasteiger partial charge in [-0.05, 0) is 6.07 Å². The van der Waals surface area contributed by atoms with Crippen LogP contribution in [-0.4, -0.2) is 35.3 Å². The third-order valence-corrected chi connectivity index (χ3v) is 2.74. The summed E-state index contributed by atoms with van der Waals surface area (Å²) in [6.45, 7) is 1.19. The second kappa shape index (κ2) is 4.56. The maximum Gasteiger partial charge on any atom is 0.374 e. The molecule has 0 bridgehead atoms. The average Bonchev–Trinajstić information content (AvgIpc) is 3.10. The number of nitrogens with zero attached hydrogens (tertiary/aromatic N) is 2.